The number of carbonyl (C=O) groups is 4. The summed E-state index contributed by atoms with van der Waals surface area (Å²) in [7, 11) is -16.6. The molecule has 7 atom stereocenters. The lowest BCUT2D eigenvalue weighted by molar-refractivity contribution is -0.137. The number of amides is 2. The van der Waals surface area contributed by atoms with Gasteiger partial charge in [-0.2, -0.15) is 4.31 Å². The fourth-order valence-electron chi connectivity index (χ4n) is 7.68. The lowest BCUT2D eigenvalue weighted by atomic mass is 9.87. The van der Waals surface area contributed by atoms with E-state index in [1.54, 1.807) is 11.5 Å². The monoisotopic (exact) mass is 1120 g/mol. The first-order valence-corrected chi connectivity index (χ1v) is 27.6. The fraction of sp³-hybridized carbons (Fsp3) is 0.475. The molecule has 1 fully saturated rings. The number of phosphoric acid groups is 3. The first kappa shape index (κ1) is 57.9. The SMILES string of the molecule is CCCc1c2oc(C(=O)O)cc(=O)c2cc2c(=O)cc(C(=O)SCCNC(=O)CCNC(=O)C(O)C(C)(C)COP(=O)(O)OP(=O)(O)OCC3OC(n4cnc5c(N)ncnc54)C(O)C3OP(=O)(O)O)n(CC)c12. The molecule has 11 N–H and O–H groups in total. The highest BCUT2D eigenvalue weighted by molar-refractivity contribution is 8.14. The van der Waals surface area contributed by atoms with E-state index in [9.17, 15) is 77.4 Å². The number of benzene rings is 1. The second-order valence-electron chi connectivity index (χ2n) is 17.0. The van der Waals surface area contributed by atoms with Crippen molar-refractivity contribution in [2.45, 2.75) is 84.1 Å². The number of hydrogen-bond acceptors (Lipinski definition) is 22. The number of nitrogens with one attached hydrogen (secondary N) is 2. The second-order valence-corrected chi connectivity index (χ2v) is 22.3. The third-order valence-electron chi connectivity index (χ3n) is 11.2. The van der Waals surface area contributed by atoms with Gasteiger partial charge in [0.2, 0.25) is 22.7 Å². The van der Waals surface area contributed by atoms with Gasteiger partial charge < -0.3 is 65.0 Å². The lowest BCUT2D eigenvalue weighted by Gasteiger charge is -2.30. The number of nitrogen functional groups attached to an aromatic ring is 1. The summed E-state index contributed by atoms with van der Waals surface area (Å²) in [6, 6.07) is 3.30. The first-order chi connectivity index (χ1) is 34.6. The van der Waals surface area contributed by atoms with E-state index in [0.29, 0.717) is 17.5 Å². The maximum atomic E-state index is 13.5. The van der Waals surface area contributed by atoms with Crippen LogP contribution in [0.2, 0.25) is 0 Å². The van der Waals surface area contributed by atoms with Gasteiger partial charge in [-0.1, -0.05) is 39.0 Å². The molecule has 0 bridgehead atoms. The fourth-order valence-corrected chi connectivity index (χ4v) is 11.2. The highest BCUT2D eigenvalue weighted by Crippen LogP contribution is 2.61. The summed E-state index contributed by atoms with van der Waals surface area (Å²) in [4.78, 5) is 128. The topological polar surface area (TPSA) is 453 Å². The smallest absolute Gasteiger partial charge is 0.475 e. The van der Waals surface area contributed by atoms with E-state index in [4.69, 9.17) is 23.9 Å². The molecule has 34 heteroatoms. The van der Waals surface area contributed by atoms with E-state index in [1.807, 2.05) is 6.92 Å². The average Bonchev–Trinajstić information content (AvgIpc) is 3.88. The number of aliphatic hydroxyl groups is 2. The number of hydrogen-bond donors (Lipinski definition) is 10. The summed E-state index contributed by atoms with van der Waals surface area (Å²) >= 11 is 0.791. The molecule has 0 aliphatic carbocycles. The van der Waals surface area contributed by atoms with E-state index in [-0.39, 0.29) is 77.3 Å². The van der Waals surface area contributed by atoms with Crippen LogP contribution in [0, 0.1) is 5.41 Å². The number of nitrogens with zero attached hydrogens (tertiary/aromatic N) is 5. The molecular weight excluding hydrogens is 1070 g/mol. The van der Waals surface area contributed by atoms with Gasteiger partial charge >= 0.3 is 29.4 Å². The third kappa shape index (κ3) is 13.5. The van der Waals surface area contributed by atoms with E-state index >= 15 is 0 Å². The molecular formula is C40H51N8O22P3S. The number of pyridine rings is 1. The zero-order valence-corrected chi connectivity index (χ0v) is 43.0. The van der Waals surface area contributed by atoms with Gasteiger partial charge in [-0.15, -0.1) is 0 Å². The van der Waals surface area contributed by atoms with Gasteiger partial charge in [0, 0.05) is 60.3 Å². The lowest BCUT2D eigenvalue weighted by Crippen LogP contribution is -2.46. The molecule has 7 unspecified atom stereocenters. The molecule has 1 aliphatic rings. The molecule has 1 saturated heterocycles. The molecule has 0 saturated carbocycles. The Hall–Kier alpha value is -5.33. The number of carbonyl (C=O) groups excluding carboxylic acids is 3. The first-order valence-electron chi connectivity index (χ1n) is 22.0. The molecule has 1 aromatic carbocycles. The number of thioether (sulfide) groups is 1. The molecule has 5 heterocycles. The van der Waals surface area contributed by atoms with Gasteiger partial charge in [-0.3, -0.25) is 42.1 Å². The summed E-state index contributed by atoms with van der Waals surface area (Å²) in [5, 5.41) is 35.7. The molecule has 4 aromatic heterocycles. The number of aromatic nitrogens is 5. The third-order valence-corrected chi connectivity index (χ3v) is 15.1. The minimum Gasteiger partial charge on any atom is -0.475 e. The Morgan fingerprint density at radius 1 is 0.959 bits per heavy atom. The van der Waals surface area contributed by atoms with Crippen LogP contribution in [0.1, 0.15) is 73.4 Å². The van der Waals surface area contributed by atoms with Crippen molar-refractivity contribution in [1.29, 1.82) is 0 Å². The molecule has 0 radical (unpaired) electrons. The number of rotatable bonds is 24. The van der Waals surface area contributed by atoms with Gasteiger partial charge in [0.1, 0.15) is 47.5 Å². The van der Waals surface area contributed by atoms with Crippen LogP contribution in [-0.2, 0) is 58.9 Å². The summed E-state index contributed by atoms with van der Waals surface area (Å²) in [6.45, 7) is 3.71. The van der Waals surface area contributed by atoms with Crippen molar-refractivity contribution in [3.63, 3.8) is 0 Å². The second kappa shape index (κ2) is 23.3. The summed E-state index contributed by atoms with van der Waals surface area (Å²) in [5.74, 6) is -3.70. The summed E-state index contributed by atoms with van der Waals surface area (Å²) in [6.07, 6.45) is -6.53. The molecule has 404 valence electrons. The highest BCUT2D eigenvalue weighted by Gasteiger charge is 2.50. The Kier molecular flexibility index (Phi) is 18.2. The van der Waals surface area contributed by atoms with Crippen molar-refractivity contribution < 1.29 is 94.8 Å². The number of aryl methyl sites for hydroxylation is 2. The molecule has 2 amide bonds. The number of anilines is 1. The molecule has 5 aromatic rings. The van der Waals surface area contributed by atoms with Crippen molar-refractivity contribution in [1.82, 2.24) is 34.7 Å². The predicted molar refractivity (Wildman–Crippen MR) is 257 cm³/mol. The minimum atomic E-state index is -5.64. The largest absolute Gasteiger partial charge is 0.481 e. The van der Waals surface area contributed by atoms with E-state index < -0.39 is 112 Å². The zero-order chi connectivity index (χ0) is 54.7. The van der Waals surface area contributed by atoms with Crippen LogP contribution in [0.5, 0.6) is 0 Å². The average molecular weight is 1120 g/mol. The summed E-state index contributed by atoms with van der Waals surface area (Å²) < 4.78 is 69.8. The van der Waals surface area contributed by atoms with Crippen LogP contribution in [0.25, 0.3) is 33.0 Å². The van der Waals surface area contributed by atoms with Crippen LogP contribution in [0.4, 0.5) is 5.82 Å². The Morgan fingerprint density at radius 3 is 2.31 bits per heavy atom. The number of aliphatic hydroxyl groups excluding tert-OH is 2. The maximum Gasteiger partial charge on any atom is 0.481 e. The van der Waals surface area contributed by atoms with Crippen molar-refractivity contribution in [3.05, 3.63) is 68.3 Å². The van der Waals surface area contributed by atoms with Crippen LogP contribution < -0.4 is 27.2 Å². The normalized spacial score (nSPS) is 19.3. The Morgan fingerprint density at radius 2 is 1.65 bits per heavy atom. The highest BCUT2D eigenvalue weighted by atomic mass is 32.2. The number of carboxylic acids is 1. The Labute approximate surface area is 421 Å². The molecule has 1 aliphatic heterocycles. The molecule has 0 spiro atoms. The molecule has 30 nitrogen and oxygen atoms in total. The van der Waals surface area contributed by atoms with E-state index in [1.165, 1.54) is 19.9 Å². The van der Waals surface area contributed by atoms with Crippen LogP contribution >= 0.6 is 35.2 Å². The quantitative estimate of drug-likeness (QED) is 0.0235. The number of fused-ring (bicyclic) bond motifs is 3. The van der Waals surface area contributed by atoms with Crippen molar-refractivity contribution in [2.24, 2.45) is 5.41 Å². The number of ether oxygens (including phenoxy) is 1. The van der Waals surface area contributed by atoms with E-state index in [2.05, 4.69) is 34.4 Å². The van der Waals surface area contributed by atoms with E-state index in [0.717, 1.165) is 41.1 Å². The van der Waals surface area contributed by atoms with Crippen molar-refractivity contribution in [3.8, 4) is 0 Å². The number of carboxylic acid groups (broad SMARTS) is 1. The zero-order valence-electron chi connectivity index (χ0n) is 39.5. The Bertz CT molecular complexity index is 3250. The van der Waals surface area contributed by atoms with Crippen LogP contribution in [-0.4, -0.2) is 138 Å². The molecule has 6 rings (SSSR count). The number of nitrogens with two attached hydrogens (primary N) is 1. The maximum absolute atomic E-state index is 13.5. The van der Waals surface area contributed by atoms with Crippen molar-refractivity contribution in [2.75, 3.05) is 37.8 Å². The van der Waals surface area contributed by atoms with Gasteiger partial charge in [0.15, 0.2) is 28.6 Å². The van der Waals surface area contributed by atoms with Gasteiger partial charge in [-0.05, 0) is 19.4 Å². The van der Waals surface area contributed by atoms with Crippen molar-refractivity contribution >= 4 is 97.0 Å². The standard InChI is InChI=1S/C40H51N8O22P3S/c1-5-7-19-29-20(12-21-24(50)14-25(38(55)56)67-31(19)21)23(49)13-22(47(29)6-2)39(57)74-11-10-42-27(51)8-9-43-36(54)33(53)40(3,4)16-66-73(63,64)70-72(61,62)65-15-26-32(69-71(58,59)60)30(52)37(68-26)48-18-46-28-34(41)44-17-45-35(28)48/h12-14,17-18,26,30,32-33,37,52-53H,5-11,15-16H2,1-4H3,(H,42,51)(H,43,54)(H,55,56)(H,61,62)(H,63,64)(H2,41,44,45)(H2,58,59,60). The minimum absolute atomic E-state index is 0.00520. The van der Waals surface area contributed by atoms with Gasteiger partial charge in [-0.25, -0.2) is 33.4 Å². The van der Waals surface area contributed by atoms with Gasteiger partial charge in [0.25, 0.3) is 0 Å². The van der Waals surface area contributed by atoms with Gasteiger partial charge in [0.05, 0.1) is 30.4 Å². The number of imidazole rings is 1. The number of phosphoric ester groups is 3. The molecule has 74 heavy (non-hydrogen) atoms. The van der Waals surface area contributed by atoms with Crippen LogP contribution in [0.3, 0.4) is 0 Å². The summed E-state index contributed by atoms with van der Waals surface area (Å²) in [5.41, 5.74) is 3.66. The Balaban J connectivity index is 0.965. The number of aromatic carboxylic acids is 1. The van der Waals surface area contributed by atoms with Crippen LogP contribution in [0.15, 0.2) is 44.9 Å². The predicted octanol–water partition coefficient (Wildman–Crippen LogP) is 1.07.